The highest BCUT2D eigenvalue weighted by atomic mass is 32.2. The van der Waals surface area contributed by atoms with Crippen molar-refractivity contribution >= 4 is 17.8 Å². The van der Waals surface area contributed by atoms with E-state index >= 15 is 0 Å². The number of halogens is 5. The van der Waals surface area contributed by atoms with Gasteiger partial charge in [0.2, 0.25) is 5.82 Å². The zero-order valence-corrected chi connectivity index (χ0v) is 10.7. The first-order valence-electron chi connectivity index (χ1n) is 5.42. The Balaban J connectivity index is 2.29. The molecule has 0 amide bonds. The fourth-order valence-electron chi connectivity index (χ4n) is 1.43. The quantitative estimate of drug-likeness (QED) is 0.327. The van der Waals surface area contributed by atoms with Crippen LogP contribution >= 0.6 is 11.8 Å². The summed E-state index contributed by atoms with van der Waals surface area (Å²) in [6.45, 7) is 0. The summed E-state index contributed by atoms with van der Waals surface area (Å²) in [4.78, 5) is -0.923. The summed E-state index contributed by atoms with van der Waals surface area (Å²) in [6.07, 6.45) is 1.50. The molecule has 0 aliphatic heterocycles. The van der Waals surface area contributed by atoms with E-state index in [1.165, 1.54) is 11.5 Å². The molecule has 0 fully saturated rings. The molecule has 0 N–H and O–H groups in total. The molecule has 6 heteroatoms. The summed E-state index contributed by atoms with van der Waals surface area (Å²) in [7, 11) is 0. The van der Waals surface area contributed by atoms with Crippen LogP contribution in [0.15, 0.2) is 40.6 Å². The predicted octanol–water partition coefficient (Wildman–Crippen LogP) is 5.15. The first-order chi connectivity index (χ1) is 9.52. The number of benzene rings is 2. The Labute approximate surface area is 115 Å². The lowest BCUT2D eigenvalue weighted by Gasteiger charge is -2.05. The molecule has 104 valence electrons. The highest BCUT2D eigenvalue weighted by molar-refractivity contribution is 8.02. The Kier molecular flexibility index (Phi) is 4.44. The molecule has 2 aromatic carbocycles. The Morgan fingerprint density at radius 3 is 1.75 bits per heavy atom. The van der Waals surface area contributed by atoms with Crippen LogP contribution in [0, 0.1) is 29.1 Å². The lowest BCUT2D eigenvalue weighted by Crippen LogP contribution is -2.02. The molecule has 0 saturated carbocycles. The van der Waals surface area contributed by atoms with Crippen molar-refractivity contribution in [2.24, 2.45) is 0 Å². The fraction of sp³-hybridized carbons (Fsp3) is 0. The standard InChI is InChI=1S/C14H7F5S/c15-9-10(16)12(18)14(13(19)11(9)17)20-7-6-8-4-2-1-3-5-8/h1-7H. The van der Waals surface area contributed by atoms with Gasteiger partial charge in [-0.2, -0.15) is 0 Å². The van der Waals surface area contributed by atoms with E-state index in [1.54, 1.807) is 30.3 Å². The van der Waals surface area contributed by atoms with Gasteiger partial charge in [-0.25, -0.2) is 22.0 Å². The maximum absolute atomic E-state index is 13.4. The van der Waals surface area contributed by atoms with Crippen molar-refractivity contribution in [3.63, 3.8) is 0 Å². The molecule has 2 aromatic rings. The molecule has 0 spiro atoms. The van der Waals surface area contributed by atoms with Gasteiger partial charge in [0.05, 0.1) is 4.90 Å². The minimum Gasteiger partial charge on any atom is -0.202 e. The van der Waals surface area contributed by atoms with Gasteiger partial charge in [-0.3, -0.25) is 0 Å². The van der Waals surface area contributed by atoms with Crippen molar-refractivity contribution in [3.05, 3.63) is 70.4 Å². The molecular formula is C14H7F5S. The van der Waals surface area contributed by atoms with Crippen LogP contribution in [-0.2, 0) is 0 Å². The van der Waals surface area contributed by atoms with E-state index in [9.17, 15) is 22.0 Å². The zero-order chi connectivity index (χ0) is 14.7. The second-order valence-corrected chi connectivity index (χ2v) is 4.65. The smallest absolute Gasteiger partial charge is 0.200 e. The van der Waals surface area contributed by atoms with Crippen LogP contribution in [0.4, 0.5) is 22.0 Å². The highest BCUT2D eigenvalue weighted by Crippen LogP contribution is 2.31. The second kappa shape index (κ2) is 6.09. The normalized spacial score (nSPS) is 11.2. The molecule has 0 atom stereocenters. The maximum atomic E-state index is 13.4. The van der Waals surface area contributed by atoms with Crippen LogP contribution in [0.3, 0.4) is 0 Å². The van der Waals surface area contributed by atoms with Crippen molar-refractivity contribution < 1.29 is 22.0 Å². The molecule has 0 heterocycles. The van der Waals surface area contributed by atoms with Gasteiger partial charge in [-0.15, -0.1) is 0 Å². The van der Waals surface area contributed by atoms with Gasteiger partial charge in [-0.05, 0) is 17.0 Å². The van der Waals surface area contributed by atoms with Crippen LogP contribution in [0.1, 0.15) is 5.56 Å². The third-order valence-corrected chi connectivity index (χ3v) is 3.28. The number of thioether (sulfide) groups is 1. The predicted molar refractivity (Wildman–Crippen MR) is 67.6 cm³/mol. The summed E-state index contributed by atoms with van der Waals surface area (Å²) >= 11 is 0.428. The lowest BCUT2D eigenvalue weighted by atomic mass is 10.2. The minimum atomic E-state index is -2.16. The zero-order valence-electron chi connectivity index (χ0n) is 9.84. The molecule has 2 rings (SSSR count). The van der Waals surface area contributed by atoms with Crippen LogP contribution in [0.5, 0.6) is 0 Å². The monoisotopic (exact) mass is 302 g/mol. The molecule has 0 saturated heterocycles. The van der Waals surface area contributed by atoms with E-state index in [1.807, 2.05) is 0 Å². The van der Waals surface area contributed by atoms with Crippen LogP contribution in [0.2, 0.25) is 0 Å². The van der Waals surface area contributed by atoms with Gasteiger partial charge in [0, 0.05) is 0 Å². The van der Waals surface area contributed by atoms with Crippen molar-refractivity contribution in [2.45, 2.75) is 4.90 Å². The fourth-order valence-corrected chi connectivity index (χ4v) is 2.18. The Hall–Kier alpha value is -1.82. The topological polar surface area (TPSA) is 0 Å². The van der Waals surface area contributed by atoms with E-state index in [0.717, 1.165) is 5.56 Å². The first kappa shape index (κ1) is 14.6. The lowest BCUT2D eigenvalue weighted by molar-refractivity contribution is 0.361. The van der Waals surface area contributed by atoms with E-state index in [-0.39, 0.29) is 0 Å². The average molecular weight is 302 g/mol. The maximum Gasteiger partial charge on any atom is 0.200 e. The van der Waals surface area contributed by atoms with Crippen molar-refractivity contribution in [3.8, 4) is 0 Å². The third kappa shape index (κ3) is 2.85. The van der Waals surface area contributed by atoms with E-state index in [0.29, 0.717) is 11.8 Å². The summed E-state index contributed by atoms with van der Waals surface area (Å²) in [5, 5.41) is 1.26. The largest absolute Gasteiger partial charge is 0.202 e. The summed E-state index contributed by atoms with van der Waals surface area (Å²) in [6, 6.07) is 8.76. The molecule has 20 heavy (non-hydrogen) atoms. The van der Waals surface area contributed by atoms with Gasteiger partial charge >= 0.3 is 0 Å². The Morgan fingerprint density at radius 2 is 1.20 bits per heavy atom. The van der Waals surface area contributed by atoms with E-state index < -0.39 is 34.0 Å². The molecule has 0 unspecified atom stereocenters. The Morgan fingerprint density at radius 1 is 0.700 bits per heavy atom. The highest BCUT2D eigenvalue weighted by Gasteiger charge is 2.25. The Bertz CT molecular complexity index is 623. The molecule has 0 nitrogen and oxygen atoms in total. The van der Waals surface area contributed by atoms with Gasteiger partial charge in [0.25, 0.3) is 0 Å². The summed E-state index contributed by atoms with van der Waals surface area (Å²) in [5.41, 5.74) is 0.740. The second-order valence-electron chi connectivity index (χ2n) is 3.73. The first-order valence-corrected chi connectivity index (χ1v) is 6.30. The third-order valence-electron chi connectivity index (χ3n) is 2.42. The van der Waals surface area contributed by atoms with E-state index in [2.05, 4.69) is 0 Å². The van der Waals surface area contributed by atoms with Gasteiger partial charge in [0.15, 0.2) is 23.3 Å². The molecule has 0 aliphatic rings. The molecule has 0 radical (unpaired) electrons. The summed E-state index contributed by atoms with van der Waals surface area (Å²) < 4.78 is 65.4. The number of hydrogen-bond acceptors (Lipinski definition) is 1. The molecule has 0 aromatic heterocycles. The van der Waals surface area contributed by atoms with Gasteiger partial charge in [-0.1, -0.05) is 42.1 Å². The van der Waals surface area contributed by atoms with Crippen molar-refractivity contribution in [1.29, 1.82) is 0 Å². The minimum absolute atomic E-state index is 0.428. The van der Waals surface area contributed by atoms with Crippen LogP contribution in [0.25, 0.3) is 6.08 Å². The average Bonchev–Trinajstić information content (AvgIpc) is 2.48. The van der Waals surface area contributed by atoms with Crippen LogP contribution < -0.4 is 0 Å². The SMILES string of the molecule is Fc1c(F)c(F)c(SC=Cc2ccccc2)c(F)c1F. The van der Waals surface area contributed by atoms with Gasteiger partial charge in [0.1, 0.15) is 0 Å². The summed E-state index contributed by atoms with van der Waals surface area (Å²) in [5.74, 6) is -9.70. The van der Waals surface area contributed by atoms with E-state index in [4.69, 9.17) is 0 Å². The molecular weight excluding hydrogens is 295 g/mol. The number of rotatable bonds is 3. The molecule has 0 bridgehead atoms. The van der Waals surface area contributed by atoms with Crippen LogP contribution in [-0.4, -0.2) is 0 Å². The van der Waals surface area contributed by atoms with Crippen molar-refractivity contribution in [1.82, 2.24) is 0 Å². The van der Waals surface area contributed by atoms with Gasteiger partial charge < -0.3 is 0 Å². The molecule has 0 aliphatic carbocycles. The van der Waals surface area contributed by atoms with Crippen molar-refractivity contribution in [2.75, 3.05) is 0 Å². The number of hydrogen-bond donors (Lipinski definition) is 0.